The van der Waals surface area contributed by atoms with Gasteiger partial charge in [0.05, 0.1) is 17.6 Å². The molecule has 1 amide bonds. The Balaban J connectivity index is 1.57. The zero-order chi connectivity index (χ0) is 22.1. The number of hydrogen-bond acceptors (Lipinski definition) is 3. The maximum atomic E-state index is 11.5. The van der Waals surface area contributed by atoms with Gasteiger partial charge in [-0.05, 0) is 69.0 Å². The highest BCUT2D eigenvalue weighted by Gasteiger charge is 2.11. The van der Waals surface area contributed by atoms with Crippen LogP contribution in [0.5, 0.6) is 5.75 Å². The van der Waals surface area contributed by atoms with E-state index in [2.05, 4.69) is 48.0 Å². The second-order valence-electron chi connectivity index (χ2n) is 7.82. The number of hydrogen-bond donors (Lipinski definition) is 1. The molecule has 0 bridgehead atoms. The quantitative estimate of drug-likeness (QED) is 0.346. The van der Waals surface area contributed by atoms with E-state index in [1.807, 2.05) is 25.1 Å². The van der Waals surface area contributed by atoms with Crippen LogP contribution in [0.3, 0.4) is 0 Å². The average Bonchev–Trinajstić information content (AvgIpc) is 3.11. The van der Waals surface area contributed by atoms with Crippen molar-refractivity contribution in [2.45, 2.75) is 53.0 Å². The number of ether oxygens (including phenoxy) is 1. The van der Waals surface area contributed by atoms with E-state index in [0.29, 0.717) is 13.2 Å². The van der Waals surface area contributed by atoms with Crippen LogP contribution >= 0.6 is 0 Å². The molecule has 0 fully saturated rings. The molecule has 5 heteroatoms. The van der Waals surface area contributed by atoms with E-state index in [0.717, 1.165) is 54.8 Å². The van der Waals surface area contributed by atoms with Crippen molar-refractivity contribution >= 4 is 16.9 Å². The lowest BCUT2D eigenvalue weighted by molar-refractivity contribution is -0.116. The zero-order valence-electron chi connectivity index (χ0n) is 18.9. The van der Waals surface area contributed by atoms with Crippen molar-refractivity contribution in [1.29, 1.82) is 0 Å². The van der Waals surface area contributed by atoms with Crippen LogP contribution in [-0.4, -0.2) is 28.6 Å². The average molecular weight is 420 g/mol. The maximum Gasteiger partial charge on any atom is 0.243 e. The lowest BCUT2D eigenvalue weighted by atomic mass is 10.1. The Labute approximate surface area is 185 Å². The van der Waals surface area contributed by atoms with Crippen molar-refractivity contribution < 1.29 is 9.53 Å². The van der Waals surface area contributed by atoms with Crippen LogP contribution in [0.15, 0.2) is 54.6 Å². The summed E-state index contributed by atoms with van der Waals surface area (Å²) in [5.41, 5.74) is 4.62. The van der Waals surface area contributed by atoms with Gasteiger partial charge < -0.3 is 14.6 Å². The predicted octanol–water partition coefficient (Wildman–Crippen LogP) is 5.14. The van der Waals surface area contributed by atoms with Gasteiger partial charge in [-0.15, -0.1) is 0 Å². The lowest BCUT2D eigenvalue weighted by Gasteiger charge is -2.13. The largest absolute Gasteiger partial charge is 0.491 e. The minimum Gasteiger partial charge on any atom is -0.491 e. The highest BCUT2D eigenvalue weighted by atomic mass is 16.5. The number of carbonyl (C=O) groups excluding carboxylic acids is 1. The number of nitrogens with one attached hydrogen (secondary N) is 1. The third kappa shape index (κ3) is 6.20. The minimum absolute atomic E-state index is 0.0202. The number of aryl methyl sites for hydroxylation is 2. The fourth-order valence-corrected chi connectivity index (χ4v) is 3.70. The lowest BCUT2D eigenvalue weighted by Crippen LogP contribution is -2.22. The molecule has 0 aliphatic carbocycles. The first-order chi connectivity index (χ1) is 15.1. The molecule has 2 aromatic carbocycles. The van der Waals surface area contributed by atoms with E-state index in [1.54, 1.807) is 12.2 Å². The number of fused-ring (bicyclic) bond motifs is 1. The SMILES string of the molecule is C/C=C/C(=O)NCCCCCc1nc2ccccc2n1CCOc1cccc(C)c1C. The summed E-state index contributed by atoms with van der Waals surface area (Å²) in [4.78, 5) is 16.3. The van der Waals surface area contributed by atoms with Crippen LogP contribution in [0.4, 0.5) is 0 Å². The monoisotopic (exact) mass is 419 g/mol. The summed E-state index contributed by atoms with van der Waals surface area (Å²) >= 11 is 0. The normalized spacial score (nSPS) is 11.3. The molecule has 0 aliphatic heterocycles. The number of carbonyl (C=O) groups is 1. The molecule has 0 radical (unpaired) electrons. The Morgan fingerprint density at radius 3 is 2.77 bits per heavy atom. The van der Waals surface area contributed by atoms with Crippen molar-refractivity contribution in [3.8, 4) is 5.75 Å². The second-order valence-corrected chi connectivity index (χ2v) is 7.82. The van der Waals surface area contributed by atoms with Crippen LogP contribution in [0.1, 0.15) is 43.1 Å². The third-order valence-corrected chi connectivity index (χ3v) is 5.56. The summed E-state index contributed by atoms with van der Waals surface area (Å²) in [6.07, 6.45) is 7.30. The van der Waals surface area contributed by atoms with Gasteiger partial charge in [-0.1, -0.05) is 36.8 Å². The molecule has 1 N–H and O–H groups in total. The number of benzene rings is 2. The van der Waals surface area contributed by atoms with Crippen LogP contribution in [0.25, 0.3) is 11.0 Å². The first-order valence-corrected chi connectivity index (χ1v) is 11.1. The summed E-state index contributed by atoms with van der Waals surface area (Å²) in [5.74, 6) is 2.03. The fourth-order valence-electron chi connectivity index (χ4n) is 3.70. The first-order valence-electron chi connectivity index (χ1n) is 11.1. The standard InChI is InChI=1S/C26H33N3O2/c1-4-11-26(30)27-17-9-5-6-16-25-28-22-13-7-8-14-23(22)29(25)18-19-31-24-15-10-12-20(2)21(24)3/h4,7-8,10-15H,5-6,9,16-19H2,1-3H3,(H,27,30)/b11-4+. The number of aromatic nitrogens is 2. The van der Waals surface area contributed by atoms with E-state index in [9.17, 15) is 4.79 Å². The van der Waals surface area contributed by atoms with Gasteiger partial charge in [0.25, 0.3) is 0 Å². The number of imidazole rings is 1. The van der Waals surface area contributed by atoms with Crippen molar-refractivity contribution in [1.82, 2.24) is 14.9 Å². The summed E-state index contributed by atoms with van der Waals surface area (Å²) < 4.78 is 8.39. The van der Waals surface area contributed by atoms with Gasteiger partial charge in [-0.25, -0.2) is 4.98 Å². The molecule has 0 saturated heterocycles. The topological polar surface area (TPSA) is 56.2 Å². The molecule has 1 aromatic heterocycles. The molecule has 31 heavy (non-hydrogen) atoms. The fraction of sp³-hybridized carbons (Fsp3) is 0.385. The van der Waals surface area contributed by atoms with E-state index in [4.69, 9.17) is 9.72 Å². The zero-order valence-corrected chi connectivity index (χ0v) is 18.9. The van der Waals surface area contributed by atoms with Gasteiger partial charge in [0.1, 0.15) is 18.2 Å². The number of allylic oxidation sites excluding steroid dienone is 1. The Morgan fingerprint density at radius 1 is 1.10 bits per heavy atom. The van der Waals surface area contributed by atoms with Gasteiger partial charge in [0, 0.05) is 13.0 Å². The molecular weight excluding hydrogens is 386 g/mol. The molecule has 0 aliphatic rings. The van der Waals surface area contributed by atoms with Gasteiger partial charge in [0.15, 0.2) is 0 Å². The molecule has 0 atom stereocenters. The number of nitrogens with zero attached hydrogens (tertiary/aromatic N) is 2. The maximum absolute atomic E-state index is 11.5. The van der Waals surface area contributed by atoms with Crippen LogP contribution in [0.2, 0.25) is 0 Å². The Bertz CT molecular complexity index is 1040. The summed E-state index contributed by atoms with van der Waals surface area (Å²) in [6, 6.07) is 14.5. The van der Waals surface area contributed by atoms with Crippen molar-refractivity contribution in [3.05, 3.63) is 71.6 Å². The van der Waals surface area contributed by atoms with Gasteiger partial charge >= 0.3 is 0 Å². The number of unbranched alkanes of at least 4 members (excludes halogenated alkanes) is 2. The Hall–Kier alpha value is -3.08. The van der Waals surface area contributed by atoms with Gasteiger partial charge in [-0.2, -0.15) is 0 Å². The third-order valence-electron chi connectivity index (χ3n) is 5.56. The molecule has 1 heterocycles. The van der Waals surface area contributed by atoms with Crippen LogP contribution in [0, 0.1) is 13.8 Å². The smallest absolute Gasteiger partial charge is 0.243 e. The highest BCUT2D eigenvalue weighted by molar-refractivity contribution is 5.87. The van der Waals surface area contributed by atoms with Crippen molar-refractivity contribution in [2.75, 3.05) is 13.2 Å². The van der Waals surface area contributed by atoms with Crippen LogP contribution < -0.4 is 10.1 Å². The Kier molecular flexibility index (Phi) is 8.27. The summed E-state index contributed by atoms with van der Waals surface area (Å²) in [7, 11) is 0. The van der Waals surface area contributed by atoms with E-state index in [1.165, 1.54) is 11.1 Å². The van der Waals surface area contributed by atoms with Crippen LogP contribution in [-0.2, 0) is 17.8 Å². The number of para-hydroxylation sites is 2. The molecular formula is C26H33N3O2. The molecule has 3 rings (SSSR count). The number of rotatable bonds is 11. The van der Waals surface area contributed by atoms with Gasteiger partial charge in [0.2, 0.25) is 5.91 Å². The second kappa shape index (κ2) is 11.3. The van der Waals surface area contributed by atoms with E-state index in [-0.39, 0.29) is 5.91 Å². The minimum atomic E-state index is -0.0202. The molecule has 0 unspecified atom stereocenters. The predicted molar refractivity (Wildman–Crippen MR) is 127 cm³/mol. The molecule has 0 spiro atoms. The van der Waals surface area contributed by atoms with Crippen molar-refractivity contribution in [3.63, 3.8) is 0 Å². The summed E-state index contributed by atoms with van der Waals surface area (Å²) in [5, 5.41) is 2.90. The van der Waals surface area contributed by atoms with E-state index >= 15 is 0 Å². The molecule has 0 saturated carbocycles. The summed E-state index contributed by atoms with van der Waals surface area (Å²) in [6.45, 7) is 8.14. The Morgan fingerprint density at radius 2 is 1.94 bits per heavy atom. The molecule has 5 nitrogen and oxygen atoms in total. The highest BCUT2D eigenvalue weighted by Crippen LogP contribution is 2.22. The van der Waals surface area contributed by atoms with Gasteiger partial charge in [-0.3, -0.25) is 4.79 Å². The number of amides is 1. The van der Waals surface area contributed by atoms with E-state index < -0.39 is 0 Å². The molecule has 3 aromatic rings. The first kappa shape index (κ1) is 22.6. The van der Waals surface area contributed by atoms with Crippen molar-refractivity contribution in [2.24, 2.45) is 0 Å². The molecule has 164 valence electrons.